The number of hydrogen-bond donors (Lipinski definition) is 2. The molecule has 1 amide bonds. The van der Waals surface area contributed by atoms with E-state index in [1.807, 2.05) is 6.92 Å². The lowest BCUT2D eigenvalue weighted by Gasteiger charge is -2.29. The van der Waals surface area contributed by atoms with Gasteiger partial charge in [0.25, 0.3) is 0 Å². The van der Waals surface area contributed by atoms with Gasteiger partial charge in [0.05, 0.1) is 11.6 Å². The number of cyclic esters (lactones) is 1. The van der Waals surface area contributed by atoms with Crippen molar-refractivity contribution in [2.45, 2.75) is 26.5 Å². The summed E-state index contributed by atoms with van der Waals surface area (Å²) in [4.78, 5) is 24.8. The Morgan fingerprint density at radius 3 is 2.71 bits per heavy atom. The van der Waals surface area contributed by atoms with Gasteiger partial charge in [-0.3, -0.25) is 4.90 Å². The van der Waals surface area contributed by atoms with Crippen LogP contribution in [0.15, 0.2) is 30.5 Å². The van der Waals surface area contributed by atoms with Crippen molar-refractivity contribution in [1.82, 2.24) is 15.3 Å². The van der Waals surface area contributed by atoms with Crippen molar-refractivity contribution in [3.8, 4) is 0 Å². The molecule has 1 aromatic heterocycles. The van der Waals surface area contributed by atoms with E-state index in [9.17, 15) is 4.79 Å². The Kier molecular flexibility index (Phi) is 5.29. The Labute approximate surface area is 164 Å². The van der Waals surface area contributed by atoms with Gasteiger partial charge in [-0.15, -0.1) is 0 Å². The van der Waals surface area contributed by atoms with E-state index in [2.05, 4.69) is 56.7 Å². The number of anilines is 3. The molecule has 0 saturated carbocycles. The zero-order chi connectivity index (χ0) is 19.5. The van der Waals surface area contributed by atoms with Gasteiger partial charge >= 0.3 is 6.09 Å². The standard InChI is InChI=1S/C20H26N6O2/c1-3-26-18-16(13-28-20(26)27)12-22-19(24-18)23-14(2)15-4-6-17(7-5-15)25-10-8-21-9-11-25/h4-7,12,14,21H,3,8-11,13H2,1-2H3,(H,22,23,24). The first-order valence-corrected chi connectivity index (χ1v) is 9.78. The van der Waals surface area contributed by atoms with E-state index in [-0.39, 0.29) is 18.7 Å². The third-order valence-electron chi connectivity index (χ3n) is 5.21. The second kappa shape index (κ2) is 8.02. The van der Waals surface area contributed by atoms with Crippen LogP contribution in [-0.4, -0.2) is 48.8 Å². The number of rotatable bonds is 5. The summed E-state index contributed by atoms with van der Waals surface area (Å²) in [7, 11) is 0. The van der Waals surface area contributed by atoms with E-state index in [1.54, 1.807) is 6.20 Å². The van der Waals surface area contributed by atoms with E-state index in [4.69, 9.17) is 4.74 Å². The second-order valence-electron chi connectivity index (χ2n) is 7.04. The van der Waals surface area contributed by atoms with E-state index in [1.165, 1.54) is 10.6 Å². The minimum Gasteiger partial charge on any atom is -0.444 e. The van der Waals surface area contributed by atoms with E-state index in [0.29, 0.717) is 18.3 Å². The Morgan fingerprint density at radius 1 is 1.25 bits per heavy atom. The Hall–Kier alpha value is -2.87. The molecule has 0 aliphatic carbocycles. The van der Waals surface area contributed by atoms with Crippen molar-refractivity contribution in [1.29, 1.82) is 0 Å². The third kappa shape index (κ3) is 3.73. The minimum absolute atomic E-state index is 0.0424. The van der Waals surface area contributed by atoms with Gasteiger partial charge < -0.3 is 20.3 Å². The number of aromatic nitrogens is 2. The van der Waals surface area contributed by atoms with Gasteiger partial charge in [0.2, 0.25) is 5.95 Å². The smallest absolute Gasteiger partial charge is 0.415 e. The quantitative estimate of drug-likeness (QED) is 0.822. The Bertz CT molecular complexity index is 835. The van der Waals surface area contributed by atoms with Crippen LogP contribution in [0.2, 0.25) is 0 Å². The number of ether oxygens (including phenoxy) is 1. The van der Waals surface area contributed by atoms with Crippen molar-refractivity contribution >= 4 is 23.5 Å². The van der Waals surface area contributed by atoms with Gasteiger partial charge in [0, 0.05) is 44.6 Å². The highest BCUT2D eigenvalue weighted by Crippen LogP contribution is 2.27. The van der Waals surface area contributed by atoms with Crippen LogP contribution in [0.5, 0.6) is 0 Å². The minimum atomic E-state index is -0.365. The fourth-order valence-electron chi connectivity index (χ4n) is 3.56. The van der Waals surface area contributed by atoms with Crippen molar-refractivity contribution in [3.05, 3.63) is 41.6 Å². The lowest BCUT2D eigenvalue weighted by molar-refractivity contribution is 0.141. The maximum atomic E-state index is 11.9. The molecule has 1 saturated heterocycles. The van der Waals surface area contributed by atoms with Crippen molar-refractivity contribution in [3.63, 3.8) is 0 Å². The van der Waals surface area contributed by atoms with Crippen LogP contribution in [0, 0.1) is 0 Å². The molecule has 2 aliphatic heterocycles. The molecular weight excluding hydrogens is 356 g/mol. The first-order chi connectivity index (χ1) is 13.7. The average Bonchev–Trinajstić information content (AvgIpc) is 2.74. The van der Waals surface area contributed by atoms with Crippen molar-refractivity contribution in [2.75, 3.05) is 47.8 Å². The van der Waals surface area contributed by atoms with E-state index < -0.39 is 0 Å². The van der Waals surface area contributed by atoms with Gasteiger partial charge in [-0.05, 0) is 31.5 Å². The molecule has 0 radical (unpaired) electrons. The van der Waals surface area contributed by atoms with Crippen molar-refractivity contribution in [2.24, 2.45) is 0 Å². The first kappa shape index (κ1) is 18.5. The first-order valence-electron chi connectivity index (χ1n) is 9.78. The fraction of sp³-hybridized carbons (Fsp3) is 0.450. The van der Waals surface area contributed by atoms with Crippen molar-refractivity contribution < 1.29 is 9.53 Å². The molecule has 1 unspecified atom stereocenters. The number of hydrogen-bond acceptors (Lipinski definition) is 7. The predicted molar refractivity (Wildman–Crippen MR) is 109 cm³/mol. The van der Waals surface area contributed by atoms with Crippen LogP contribution in [-0.2, 0) is 11.3 Å². The number of nitrogens with zero attached hydrogens (tertiary/aromatic N) is 4. The number of benzene rings is 1. The summed E-state index contributed by atoms with van der Waals surface area (Å²) in [5, 5.41) is 6.72. The fourth-order valence-corrected chi connectivity index (χ4v) is 3.56. The second-order valence-corrected chi connectivity index (χ2v) is 7.04. The number of carbonyl (C=O) groups is 1. The van der Waals surface area contributed by atoms with Crippen LogP contribution in [0.4, 0.5) is 22.2 Å². The lowest BCUT2D eigenvalue weighted by atomic mass is 10.1. The van der Waals surface area contributed by atoms with Crippen LogP contribution in [0.3, 0.4) is 0 Å². The molecule has 28 heavy (non-hydrogen) atoms. The molecule has 0 spiro atoms. The van der Waals surface area contributed by atoms with Gasteiger partial charge in [-0.2, -0.15) is 4.98 Å². The molecule has 3 heterocycles. The molecule has 8 heteroatoms. The zero-order valence-corrected chi connectivity index (χ0v) is 16.3. The van der Waals surface area contributed by atoms with E-state index in [0.717, 1.165) is 37.3 Å². The monoisotopic (exact) mass is 382 g/mol. The molecule has 148 valence electrons. The third-order valence-corrected chi connectivity index (χ3v) is 5.21. The molecule has 1 atom stereocenters. The summed E-state index contributed by atoms with van der Waals surface area (Å²) in [5.74, 6) is 1.13. The highest BCUT2D eigenvalue weighted by Gasteiger charge is 2.26. The number of amides is 1. The predicted octanol–water partition coefficient (Wildman–Crippen LogP) is 2.54. The van der Waals surface area contributed by atoms with Crippen LogP contribution < -0.4 is 20.4 Å². The zero-order valence-electron chi connectivity index (χ0n) is 16.3. The number of nitrogens with one attached hydrogen (secondary N) is 2. The van der Waals surface area contributed by atoms with Crippen LogP contribution in [0.25, 0.3) is 0 Å². The summed E-state index contributed by atoms with van der Waals surface area (Å²) < 4.78 is 5.14. The molecule has 1 aromatic carbocycles. The average molecular weight is 382 g/mol. The maximum absolute atomic E-state index is 11.9. The molecule has 8 nitrogen and oxygen atoms in total. The largest absolute Gasteiger partial charge is 0.444 e. The van der Waals surface area contributed by atoms with Gasteiger partial charge in [0.15, 0.2) is 0 Å². The normalized spacial score (nSPS) is 17.7. The molecule has 1 fully saturated rings. The summed E-state index contributed by atoms with van der Waals surface area (Å²) >= 11 is 0. The lowest BCUT2D eigenvalue weighted by Crippen LogP contribution is -2.43. The molecular formula is C20H26N6O2. The SMILES string of the molecule is CCN1C(=O)OCc2cnc(NC(C)c3ccc(N4CCNCC4)cc3)nc21. The number of piperazine rings is 1. The molecule has 0 bridgehead atoms. The highest BCUT2D eigenvalue weighted by atomic mass is 16.6. The summed E-state index contributed by atoms with van der Waals surface area (Å²) in [6.07, 6.45) is 1.36. The molecule has 2 aliphatic rings. The molecule has 2 aromatic rings. The maximum Gasteiger partial charge on any atom is 0.415 e. The van der Waals surface area contributed by atoms with E-state index >= 15 is 0 Å². The topological polar surface area (TPSA) is 82.6 Å². The summed E-state index contributed by atoms with van der Waals surface area (Å²) in [6.45, 7) is 8.82. The number of fused-ring (bicyclic) bond motifs is 1. The highest BCUT2D eigenvalue weighted by molar-refractivity contribution is 5.89. The van der Waals surface area contributed by atoms with Gasteiger partial charge in [0.1, 0.15) is 12.4 Å². The van der Waals surface area contributed by atoms with Crippen LogP contribution in [0.1, 0.15) is 31.0 Å². The van der Waals surface area contributed by atoms with Gasteiger partial charge in [-0.1, -0.05) is 12.1 Å². The number of carbonyl (C=O) groups excluding carboxylic acids is 1. The Balaban J connectivity index is 1.47. The molecule has 2 N–H and O–H groups in total. The Morgan fingerprint density at radius 2 is 2.00 bits per heavy atom. The summed E-state index contributed by atoms with van der Waals surface area (Å²) in [5.41, 5.74) is 3.23. The summed E-state index contributed by atoms with van der Waals surface area (Å²) in [6, 6.07) is 8.66. The molecule has 4 rings (SSSR count). The van der Waals surface area contributed by atoms with Gasteiger partial charge in [-0.25, -0.2) is 9.78 Å². The van der Waals surface area contributed by atoms with Crippen LogP contribution >= 0.6 is 0 Å².